The van der Waals surface area contributed by atoms with E-state index in [1.807, 2.05) is 17.8 Å². The number of anilines is 1. The fourth-order valence-electron chi connectivity index (χ4n) is 4.26. The Kier molecular flexibility index (Phi) is 5.62. The maximum Gasteiger partial charge on any atom is 0.154 e. The van der Waals surface area contributed by atoms with Crippen LogP contribution in [0.4, 0.5) is 5.82 Å². The van der Waals surface area contributed by atoms with Gasteiger partial charge >= 0.3 is 0 Å². The lowest BCUT2D eigenvalue weighted by Crippen LogP contribution is -2.43. The van der Waals surface area contributed by atoms with Crippen LogP contribution >= 0.6 is 0 Å². The van der Waals surface area contributed by atoms with Crippen molar-refractivity contribution in [3.05, 3.63) is 59.3 Å². The molecular weight excluding hydrogens is 360 g/mol. The first kappa shape index (κ1) is 19.6. The number of piperidine rings is 1. The molecule has 3 aromatic rings. The predicted octanol–water partition coefficient (Wildman–Crippen LogP) is 3.59. The monoisotopic (exact) mass is 390 g/mol. The number of aromatic nitrogens is 4. The van der Waals surface area contributed by atoms with Crippen LogP contribution in [0.25, 0.3) is 11.4 Å². The normalized spacial score (nSPS) is 15.6. The molecule has 1 aliphatic rings. The molecule has 6 heteroatoms. The Morgan fingerprint density at radius 1 is 1.00 bits per heavy atom. The van der Waals surface area contributed by atoms with E-state index in [0.29, 0.717) is 6.04 Å². The van der Waals surface area contributed by atoms with Gasteiger partial charge in [-0.05, 0) is 49.4 Å². The van der Waals surface area contributed by atoms with Gasteiger partial charge in [-0.25, -0.2) is 0 Å². The first-order valence-electron chi connectivity index (χ1n) is 10.4. The molecule has 0 N–H and O–H groups in total. The summed E-state index contributed by atoms with van der Waals surface area (Å²) in [5, 5.41) is 13.5. The molecule has 0 spiro atoms. The Labute approximate surface area is 173 Å². The smallest absolute Gasteiger partial charge is 0.154 e. The molecule has 0 radical (unpaired) electrons. The molecule has 0 aliphatic carbocycles. The van der Waals surface area contributed by atoms with Gasteiger partial charge in [0.1, 0.15) is 5.69 Å². The second kappa shape index (κ2) is 8.33. The molecule has 1 aromatic carbocycles. The summed E-state index contributed by atoms with van der Waals surface area (Å²) >= 11 is 0. The van der Waals surface area contributed by atoms with Crippen LogP contribution in [0.2, 0.25) is 0 Å². The van der Waals surface area contributed by atoms with Gasteiger partial charge in [0.2, 0.25) is 0 Å². The Morgan fingerprint density at radius 2 is 1.72 bits per heavy atom. The third-order valence-corrected chi connectivity index (χ3v) is 6.25. The van der Waals surface area contributed by atoms with Gasteiger partial charge < -0.3 is 4.90 Å². The van der Waals surface area contributed by atoms with Gasteiger partial charge in [0.15, 0.2) is 5.82 Å². The van der Waals surface area contributed by atoms with Crippen LogP contribution in [0.1, 0.15) is 29.5 Å². The minimum absolute atomic E-state index is 0.497. The molecule has 0 saturated carbocycles. The topological polar surface area (TPSA) is 50.1 Å². The highest BCUT2D eigenvalue weighted by Crippen LogP contribution is 2.29. The molecule has 29 heavy (non-hydrogen) atoms. The van der Waals surface area contributed by atoms with Crippen molar-refractivity contribution in [1.29, 1.82) is 0 Å². The van der Waals surface area contributed by atoms with Crippen LogP contribution in [0.5, 0.6) is 0 Å². The Morgan fingerprint density at radius 3 is 2.38 bits per heavy atom. The zero-order chi connectivity index (χ0) is 20.4. The summed E-state index contributed by atoms with van der Waals surface area (Å²) in [5.41, 5.74) is 5.68. The molecule has 0 atom stereocenters. The zero-order valence-corrected chi connectivity index (χ0v) is 17.8. The van der Waals surface area contributed by atoms with E-state index in [1.165, 1.54) is 16.7 Å². The highest BCUT2D eigenvalue weighted by atomic mass is 15.3. The average molecular weight is 391 g/mol. The van der Waals surface area contributed by atoms with E-state index in [9.17, 15) is 0 Å². The van der Waals surface area contributed by atoms with E-state index in [2.05, 4.69) is 76.3 Å². The summed E-state index contributed by atoms with van der Waals surface area (Å²) in [5.74, 6) is 0.995. The second-order valence-corrected chi connectivity index (χ2v) is 8.07. The highest BCUT2D eigenvalue weighted by molar-refractivity contribution is 5.64. The van der Waals surface area contributed by atoms with Crippen molar-refractivity contribution in [3.8, 4) is 11.4 Å². The van der Waals surface area contributed by atoms with Crippen LogP contribution in [0.15, 0.2) is 42.6 Å². The van der Waals surface area contributed by atoms with Crippen LogP contribution in [-0.4, -0.2) is 51.1 Å². The molecule has 4 rings (SSSR count). The standard InChI is InChI=1S/C23H30N6/c1-17-18(2)23(26-25-22(17)21-10-13-24-28(21)4)27(3)20-11-14-29(15-12-20)16-19-8-6-5-7-9-19/h5-10,13,20H,11-12,14-16H2,1-4H3. The molecule has 6 nitrogen and oxygen atoms in total. The van der Waals surface area contributed by atoms with Crippen LogP contribution < -0.4 is 4.90 Å². The predicted molar refractivity (Wildman–Crippen MR) is 117 cm³/mol. The molecule has 2 aromatic heterocycles. The maximum atomic E-state index is 4.62. The number of nitrogens with zero attached hydrogens (tertiary/aromatic N) is 6. The number of likely N-dealkylation sites (tertiary alicyclic amines) is 1. The SMILES string of the molecule is Cc1c(-c2ccnn2C)nnc(N(C)C2CCN(Cc3ccccc3)CC2)c1C. The van der Waals surface area contributed by atoms with Gasteiger partial charge in [0, 0.05) is 46.0 Å². The lowest BCUT2D eigenvalue weighted by atomic mass is 10.0. The van der Waals surface area contributed by atoms with Crippen LogP contribution in [-0.2, 0) is 13.6 Å². The fourth-order valence-corrected chi connectivity index (χ4v) is 4.26. The summed E-state index contributed by atoms with van der Waals surface area (Å²) in [7, 11) is 4.10. The number of rotatable bonds is 5. The first-order chi connectivity index (χ1) is 14.0. The molecule has 0 unspecified atom stereocenters. The van der Waals surface area contributed by atoms with Crippen molar-refractivity contribution in [3.63, 3.8) is 0 Å². The molecule has 1 saturated heterocycles. The van der Waals surface area contributed by atoms with Gasteiger partial charge in [-0.1, -0.05) is 30.3 Å². The molecule has 3 heterocycles. The Hall–Kier alpha value is -2.73. The van der Waals surface area contributed by atoms with Gasteiger partial charge in [-0.3, -0.25) is 9.58 Å². The Balaban J connectivity index is 1.44. The third kappa shape index (κ3) is 4.03. The minimum atomic E-state index is 0.497. The van der Waals surface area contributed by atoms with E-state index in [1.54, 1.807) is 6.20 Å². The molecule has 1 fully saturated rings. The van der Waals surface area contributed by atoms with Crippen molar-refractivity contribution in [1.82, 2.24) is 24.9 Å². The summed E-state index contributed by atoms with van der Waals surface area (Å²) < 4.78 is 1.85. The van der Waals surface area contributed by atoms with E-state index in [0.717, 1.165) is 49.7 Å². The van der Waals surface area contributed by atoms with Crippen molar-refractivity contribution >= 4 is 5.82 Å². The summed E-state index contributed by atoms with van der Waals surface area (Å²) in [6.45, 7) is 7.55. The highest BCUT2D eigenvalue weighted by Gasteiger charge is 2.25. The lowest BCUT2D eigenvalue weighted by molar-refractivity contribution is 0.203. The molecule has 0 bridgehead atoms. The summed E-state index contributed by atoms with van der Waals surface area (Å²) in [4.78, 5) is 4.89. The van der Waals surface area contributed by atoms with Crippen molar-refractivity contribution < 1.29 is 0 Å². The number of benzene rings is 1. The van der Waals surface area contributed by atoms with E-state index in [4.69, 9.17) is 0 Å². The van der Waals surface area contributed by atoms with Gasteiger partial charge in [-0.2, -0.15) is 5.10 Å². The van der Waals surface area contributed by atoms with Crippen LogP contribution in [0, 0.1) is 13.8 Å². The minimum Gasteiger partial charge on any atom is -0.355 e. The zero-order valence-electron chi connectivity index (χ0n) is 17.8. The molecular formula is C23H30N6. The van der Waals surface area contributed by atoms with Gasteiger partial charge in [0.25, 0.3) is 0 Å². The van der Waals surface area contributed by atoms with E-state index < -0.39 is 0 Å². The molecule has 1 aliphatic heterocycles. The number of hydrogen-bond donors (Lipinski definition) is 0. The molecule has 152 valence electrons. The quantitative estimate of drug-likeness (QED) is 0.666. The summed E-state index contributed by atoms with van der Waals surface area (Å²) in [6, 6.07) is 13.2. The maximum absolute atomic E-state index is 4.62. The van der Waals surface area contributed by atoms with Crippen LogP contribution in [0.3, 0.4) is 0 Å². The second-order valence-electron chi connectivity index (χ2n) is 8.07. The lowest BCUT2D eigenvalue weighted by Gasteiger charge is -2.37. The first-order valence-corrected chi connectivity index (χ1v) is 10.4. The van der Waals surface area contributed by atoms with Crippen molar-refractivity contribution in [2.45, 2.75) is 39.3 Å². The number of aryl methyl sites for hydroxylation is 1. The van der Waals surface area contributed by atoms with Crippen molar-refractivity contribution in [2.24, 2.45) is 7.05 Å². The van der Waals surface area contributed by atoms with Gasteiger partial charge in [-0.15, -0.1) is 10.2 Å². The largest absolute Gasteiger partial charge is 0.355 e. The van der Waals surface area contributed by atoms with E-state index in [-0.39, 0.29) is 0 Å². The third-order valence-electron chi connectivity index (χ3n) is 6.25. The number of hydrogen-bond acceptors (Lipinski definition) is 5. The van der Waals surface area contributed by atoms with Crippen molar-refractivity contribution in [2.75, 3.05) is 25.0 Å². The average Bonchev–Trinajstić information content (AvgIpc) is 3.16. The Bertz CT molecular complexity index is 957. The van der Waals surface area contributed by atoms with Gasteiger partial charge in [0.05, 0.1) is 5.69 Å². The fraction of sp³-hybridized carbons (Fsp3) is 0.435. The van der Waals surface area contributed by atoms with E-state index >= 15 is 0 Å². The molecule has 0 amide bonds. The summed E-state index contributed by atoms with van der Waals surface area (Å²) in [6.07, 6.45) is 4.09.